The molecule has 0 radical (unpaired) electrons. The van der Waals surface area contributed by atoms with Crippen molar-refractivity contribution < 1.29 is 9.84 Å². The normalized spacial score (nSPS) is 31.0. The summed E-state index contributed by atoms with van der Waals surface area (Å²) in [7, 11) is 0. The van der Waals surface area contributed by atoms with Crippen LogP contribution in [0.15, 0.2) is 0 Å². The number of hydrogen-bond donors (Lipinski definition) is 1. The van der Waals surface area contributed by atoms with Crippen molar-refractivity contribution in [1.82, 2.24) is 0 Å². The number of ether oxygens (including phenoxy) is 1. The van der Waals surface area contributed by atoms with Crippen LogP contribution in [0.5, 0.6) is 0 Å². The van der Waals surface area contributed by atoms with Gasteiger partial charge >= 0.3 is 0 Å². The highest BCUT2D eigenvalue weighted by Crippen LogP contribution is 2.26. The molecule has 0 aromatic rings. The molecule has 1 aliphatic rings. The highest BCUT2D eigenvalue weighted by molar-refractivity contribution is 4.72. The maximum absolute atomic E-state index is 8.92. The number of aliphatic hydroxyl groups is 1. The van der Waals surface area contributed by atoms with E-state index in [1.54, 1.807) is 0 Å². The lowest BCUT2D eigenvalue weighted by Crippen LogP contribution is -2.25. The molecule has 0 saturated heterocycles. The van der Waals surface area contributed by atoms with E-state index in [0.717, 1.165) is 25.7 Å². The molecule has 0 aromatic carbocycles. The molecular weight excluding hydrogens is 152 g/mol. The average Bonchev–Trinajstić information content (AvgIpc) is 2.05. The minimum atomic E-state index is 0.348. The molecular formula is C10H20O2. The molecule has 0 heterocycles. The lowest BCUT2D eigenvalue weighted by Gasteiger charge is -2.28. The number of aliphatic hydroxyl groups excluding tert-OH is 1. The van der Waals surface area contributed by atoms with Gasteiger partial charge in [-0.05, 0) is 45.4 Å². The monoisotopic (exact) mass is 172 g/mol. The van der Waals surface area contributed by atoms with Crippen molar-refractivity contribution in [2.75, 3.05) is 6.61 Å². The Labute approximate surface area is 74.9 Å². The van der Waals surface area contributed by atoms with Gasteiger partial charge in [-0.1, -0.05) is 0 Å². The largest absolute Gasteiger partial charge is 0.396 e. The summed E-state index contributed by atoms with van der Waals surface area (Å²) in [5.74, 6) is 0.539. The van der Waals surface area contributed by atoms with Gasteiger partial charge in [0, 0.05) is 6.61 Å². The smallest absolute Gasteiger partial charge is 0.0578 e. The molecule has 1 N–H and O–H groups in total. The maximum atomic E-state index is 8.92. The topological polar surface area (TPSA) is 29.5 Å². The predicted molar refractivity (Wildman–Crippen MR) is 49.1 cm³/mol. The van der Waals surface area contributed by atoms with Crippen molar-refractivity contribution >= 4 is 0 Å². The van der Waals surface area contributed by atoms with E-state index in [2.05, 4.69) is 13.8 Å². The Balaban J connectivity index is 2.17. The van der Waals surface area contributed by atoms with Crippen LogP contribution in [-0.4, -0.2) is 23.9 Å². The lowest BCUT2D eigenvalue weighted by atomic mass is 9.88. The van der Waals surface area contributed by atoms with Crippen LogP contribution >= 0.6 is 0 Å². The Morgan fingerprint density at radius 2 is 1.83 bits per heavy atom. The molecule has 1 rings (SSSR count). The van der Waals surface area contributed by atoms with Crippen molar-refractivity contribution in [2.45, 2.75) is 51.7 Å². The van der Waals surface area contributed by atoms with Gasteiger partial charge in [-0.2, -0.15) is 0 Å². The predicted octanol–water partition coefficient (Wildman–Crippen LogP) is 1.96. The summed E-state index contributed by atoms with van der Waals surface area (Å²) in [4.78, 5) is 0. The first-order valence-electron chi connectivity index (χ1n) is 4.98. The summed E-state index contributed by atoms with van der Waals surface area (Å²) < 4.78 is 5.70. The molecule has 0 bridgehead atoms. The summed E-state index contributed by atoms with van der Waals surface area (Å²) in [5.41, 5.74) is 0. The molecule has 0 unspecified atom stereocenters. The molecule has 2 heteroatoms. The molecule has 1 saturated carbocycles. The van der Waals surface area contributed by atoms with Crippen LogP contribution in [0, 0.1) is 5.92 Å². The standard InChI is InChI=1S/C10H20O2/c1-8(2)12-10-5-3-9(7-11)4-6-10/h8-11H,3-7H2,1-2H3. The van der Waals surface area contributed by atoms with E-state index >= 15 is 0 Å². The number of hydrogen-bond acceptors (Lipinski definition) is 2. The highest BCUT2D eigenvalue weighted by atomic mass is 16.5. The Kier molecular flexibility index (Phi) is 4.02. The minimum absolute atomic E-state index is 0.348. The third kappa shape index (κ3) is 3.11. The van der Waals surface area contributed by atoms with Gasteiger partial charge in [-0.3, -0.25) is 0 Å². The van der Waals surface area contributed by atoms with Gasteiger partial charge in [-0.25, -0.2) is 0 Å². The van der Waals surface area contributed by atoms with Gasteiger partial charge in [0.2, 0.25) is 0 Å². The van der Waals surface area contributed by atoms with E-state index in [4.69, 9.17) is 9.84 Å². The van der Waals surface area contributed by atoms with E-state index in [1.165, 1.54) is 0 Å². The molecule has 0 spiro atoms. The highest BCUT2D eigenvalue weighted by Gasteiger charge is 2.21. The van der Waals surface area contributed by atoms with Crippen molar-refractivity contribution in [3.63, 3.8) is 0 Å². The van der Waals surface area contributed by atoms with Crippen LogP contribution in [0.25, 0.3) is 0 Å². The Bertz CT molecular complexity index is 115. The van der Waals surface area contributed by atoms with E-state index in [1.807, 2.05) is 0 Å². The van der Waals surface area contributed by atoms with Gasteiger partial charge in [0.05, 0.1) is 12.2 Å². The van der Waals surface area contributed by atoms with Gasteiger partial charge < -0.3 is 9.84 Å². The van der Waals surface area contributed by atoms with E-state index < -0.39 is 0 Å². The second-order valence-corrected chi connectivity index (χ2v) is 4.01. The van der Waals surface area contributed by atoms with Crippen molar-refractivity contribution in [2.24, 2.45) is 5.92 Å². The summed E-state index contributed by atoms with van der Waals surface area (Å²) in [6.07, 6.45) is 5.32. The summed E-state index contributed by atoms with van der Waals surface area (Å²) >= 11 is 0. The zero-order valence-electron chi connectivity index (χ0n) is 8.12. The zero-order valence-corrected chi connectivity index (χ0v) is 8.12. The third-order valence-corrected chi connectivity index (χ3v) is 2.52. The fourth-order valence-electron chi connectivity index (χ4n) is 1.84. The molecule has 1 fully saturated rings. The minimum Gasteiger partial charge on any atom is -0.396 e. The first kappa shape index (κ1) is 10.0. The second-order valence-electron chi connectivity index (χ2n) is 4.01. The first-order valence-corrected chi connectivity index (χ1v) is 4.98. The second kappa shape index (κ2) is 4.83. The first-order chi connectivity index (χ1) is 5.72. The average molecular weight is 172 g/mol. The lowest BCUT2D eigenvalue weighted by molar-refractivity contribution is -0.0237. The third-order valence-electron chi connectivity index (χ3n) is 2.52. The summed E-state index contributed by atoms with van der Waals surface area (Å²) in [5, 5.41) is 8.92. The van der Waals surface area contributed by atoms with Crippen LogP contribution in [0.3, 0.4) is 0 Å². The SMILES string of the molecule is CC(C)OC1CCC(CO)CC1. The molecule has 0 atom stereocenters. The zero-order chi connectivity index (χ0) is 8.97. The van der Waals surface area contributed by atoms with Crippen LogP contribution in [0.1, 0.15) is 39.5 Å². The molecule has 2 nitrogen and oxygen atoms in total. The Morgan fingerprint density at radius 3 is 2.25 bits per heavy atom. The van der Waals surface area contributed by atoms with Gasteiger partial charge in [0.15, 0.2) is 0 Å². The van der Waals surface area contributed by atoms with Crippen molar-refractivity contribution in [1.29, 1.82) is 0 Å². The summed E-state index contributed by atoms with van der Waals surface area (Å²) in [6, 6.07) is 0. The molecule has 72 valence electrons. The Morgan fingerprint density at radius 1 is 1.25 bits per heavy atom. The van der Waals surface area contributed by atoms with Crippen LogP contribution in [-0.2, 0) is 4.74 Å². The van der Waals surface area contributed by atoms with E-state index in [-0.39, 0.29) is 0 Å². The van der Waals surface area contributed by atoms with Gasteiger partial charge in [0.25, 0.3) is 0 Å². The molecule has 1 aliphatic carbocycles. The fraction of sp³-hybridized carbons (Fsp3) is 1.00. The molecule has 0 amide bonds. The van der Waals surface area contributed by atoms with Crippen LogP contribution in [0.2, 0.25) is 0 Å². The summed E-state index contributed by atoms with van der Waals surface area (Å²) in [6.45, 7) is 4.52. The van der Waals surface area contributed by atoms with E-state index in [0.29, 0.717) is 24.7 Å². The van der Waals surface area contributed by atoms with E-state index in [9.17, 15) is 0 Å². The molecule has 12 heavy (non-hydrogen) atoms. The van der Waals surface area contributed by atoms with Crippen molar-refractivity contribution in [3.05, 3.63) is 0 Å². The van der Waals surface area contributed by atoms with Crippen molar-refractivity contribution in [3.8, 4) is 0 Å². The quantitative estimate of drug-likeness (QED) is 0.705. The van der Waals surface area contributed by atoms with Gasteiger partial charge in [0.1, 0.15) is 0 Å². The number of rotatable bonds is 3. The fourth-order valence-corrected chi connectivity index (χ4v) is 1.84. The van der Waals surface area contributed by atoms with Gasteiger partial charge in [-0.15, -0.1) is 0 Å². The Hall–Kier alpha value is -0.0800. The molecule has 0 aliphatic heterocycles. The van der Waals surface area contributed by atoms with Crippen LogP contribution in [0.4, 0.5) is 0 Å². The molecule has 0 aromatic heterocycles. The maximum Gasteiger partial charge on any atom is 0.0578 e. The van der Waals surface area contributed by atoms with Crippen LogP contribution < -0.4 is 0 Å².